The van der Waals surface area contributed by atoms with Crippen LogP contribution < -0.4 is 20.7 Å². The second kappa shape index (κ2) is 9.89. The highest BCUT2D eigenvalue weighted by Gasteiger charge is 2.50. The van der Waals surface area contributed by atoms with Gasteiger partial charge in [-0.25, -0.2) is 13.8 Å². The van der Waals surface area contributed by atoms with E-state index >= 15 is 4.39 Å². The number of aromatic amines is 1. The predicted octanol–water partition coefficient (Wildman–Crippen LogP) is 0.387. The highest BCUT2D eigenvalue weighted by molar-refractivity contribution is 5.77. The number of aliphatic hydroxyl groups excluding tert-OH is 2. The first kappa shape index (κ1) is 26.5. The van der Waals surface area contributed by atoms with Crippen molar-refractivity contribution in [1.82, 2.24) is 24.5 Å². The Labute approximate surface area is 219 Å². The van der Waals surface area contributed by atoms with Crippen molar-refractivity contribution < 1.29 is 33.9 Å². The molecule has 3 heterocycles. The van der Waals surface area contributed by atoms with Gasteiger partial charge in [-0.3, -0.25) is 14.5 Å². The van der Waals surface area contributed by atoms with Crippen molar-refractivity contribution in [1.29, 1.82) is 0 Å². The number of nitrogens with one attached hydrogen (secondary N) is 1. The highest BCUT2D eigenvalue weighted by Crippen LogP contribution is 2.35. The maximum atomic E-state index is 15.2. The summed E-state index contributed by atoms with van der Waals surface area (Å²) in [6, 6.07) is 8.43. The number of methoxy groups -OCH3 is 1. The molecule has 39 heavy (non-hydrogen) atoms. The second-order valence-corrected chi connectivity index (χ2v) is 9.63. The first-order valence-corrected chi connectivity index (χ1v) is 11.9. The van der Waals surface area contributed by atoms with Gasteiger partial charge >= 0.3 is 5.69 Å². The van der Waals surface area contributed by atoms with Crippen LogP contribution in [0.5, 0.6) is 11.5 Å². The molecule has 1 aliphatic heterocycles. The van der Waals surface area contributed by atoms with Crippen LogP contribution in [0.25, 0.3) is 16.7 Å². The van der Waals surface area contributed by atoms with Gasteiger partial charge in [0.1, 0.15) is 30.4 Å². The summed E-state index contributed by atoms with van der Waals surface area (Å²) in [4.78, 5) is 26.2. The molecule has 0 bridgehead atoms. The zero-order chi connectivity index (χ0) is 28.1. The van der Waals surface area contributed by atoms with E-state index in [0.29, 0.717) is 21.2 Å². The van der Waals surface area contributed by atoms with E-state index in [-0.39, 0.29) is 18.1 Å². The molecular weight excluding hydrogens is 517 g/mol. The number of benzene rings is 2. The van der Waals surface area contributed by atoms with E-state index in [4.69, 9.17) is 14.2 Å². The van der Waals surface area contributed by atoms with Crippen molar-refractivity contribution >= 4 is 11.0 Å². The van der Waals surface area contributed by atoms with Crippen LogP contribution in [-0.2, 0) is 11.3 Å². The zero-order valence-corrected chi connectivity index (χ0v) is 21.1. The molecule has 14 heteroatoms. The number of nitrogens with zero attached hydrogens (tertiary/aromatic N) is 4. The minimum Gasteiger partial charge on any atom is -0.493 e. The molecule has 2 aromatic carbocycles. The van der Waals surface area contributed by atoms with Crippen molar-refractivity contribution in [3.05, 3.63) is 74.8 Å². The van der Waals surface area contributed by atoms with Crippen LogP contribution in [0.2, 0.25) is 0 Å². The van der Waals surface area contributed by atoms with Crippen LogP contribution >= 0.6 is 0 Å². The molecule has 206 valence electrons. The number of hydrogen-bond donors (Lipinski definition) is 4. The van der Waals surface area contributed by atoms with E-state index in [2.05, 4.69) is 15.4 Å². The number of aliphatic hydroxyl groups is 3. The van der Waals surface area contributed by atoms with Crippen LogP contribution in [0.3, 0.4) is 0 Å². The minimum atomic E-state index is -1.62. The lowest BCUT2D eigenvalue weighted by Crippen LogP contribution is -2.45. The van der Waals surface area contributed by atoms with Crippen LogP contribution in [-0.4, -0.2) is 70.9 Å². The first-order chi connectivity index (χ1) is 18.5. The second-order valence-electron chi connectivity index (χ2n) is 9.63. The average molecular weight is 544 g/mol. The summed E-state index contributed by atoms with van der Waals surface area (Å²) < 4.78 is 33.3. The lowest BCUT2D eigenvalue weighted by molar-refractivity contribution is -0.124. The van der Waals surface area contributed by atoms with Crippen LogP contribution in [0.15, 0.2) is 52.2 Å². The normalized spacial score (nSPS) is 21.4. The van der Waals surface area contributed by atoms with Crippen LogP contribution in [0.1, 0.15) is 25.6 Å². The van der Waals surface area contributed by atoms with E-state index in [0.717, 1.165) is 29.0 Å². The summed E-state index contributed by atoms with van der Waals surface area (Å²) in [5.41, 5.74) is -2.00. The fourth-order valence-electron chi connectivity index (χ4n) is 4.55. The molecule has 0 saturated carbocycles. The number of fused-ring (bicyclic) bond motifs is 1. The van der Waals surface area contributed by atoms with Crippen molar-refractivity contribution in [2.45, 2.75) is 50.6 Å². The number of aromatic nitrogens is 5. The molecule has 5 rings (SSSR count). The summed E-state index contributed by atoms with van der Waals surface area (Å²) in [5, 5.41) is 41.8. The third-order valence-corrected chi connectivity index (χ3v) is 6.52. The Morgan fingerprint density at radius 3 is 2.62 bits per heavy atom. The lowest BCUT2D eigenvalue weighted by atomic mass is 9.96. The minimum absolute atomic E-state index is 0.0126. The Morgan fingerprint density at radius 2 is 1.92 bits per heavy atom. The van der Waals surface area contributed by atoms with E-state index in [1.165, 1.54) is 21.0 Å². The molecule has 4 N–H and O–H groups in total. The molecule has 0 spiro atoms. The molecule has 4 aromatic rings. The predicted molar refractivity (Wildman–Crippen MR) is 133 cm³/mol. The summed E-state index contributed by atoms with van der Waals surface area (Å²) >= 11 is 0. The standard InChI is InChI=1S/C25H26FN5O8/c1-25(2,36)22-20(33)21(34)23(39-22)30-8-7-18(32)31(24(30)35)15-10-17(16(37-3)9-13(15)26)38-11-12-5-4-6-14-19(12)28-29-27-14/h4-10,20-23,33-34,36H,11H2,1-3H3,(H,27,28,29)/t20-,21+,22-,23+/m0/s1. The maximum Gasteiger partial charge on any atom is 0.337 e. The number of rotatable bonds is 7. The molecule has 1 fully saturated rings. The van der Waals surface area contributed by atoms with Crippen molar-refractivity contribution in [2.75, 3.05) is 7.11 Å². The van der Waals surface area contributed by atoms with Gasteiger partial charge < -0.3 is 29.5 Å². The SMILES string of the molecule is COc1cc(F)c(-n2c(=O)ccn([C@@H]3O[C@H](C(C)(C)O)[C@@H](O)[C@H]3O)c2=O)cc1OCc1cccc2[nH]nnc12. The third kappa shape index (κ3) is 4.67. The number of ether oxygens (including phenoxy) is 3. The monoisotopic (exact) mass is 543 g/mol. The van der Waals surface area contributed by atoms with Crippen molar-refractivity contribution in [3.63, 3.8) is 0 Å². The van der Waals surface area contributed by atoms with E-state index in [9.17, 15) is 24.9 Å². The third-order valence-electron chi connectivity index (χ3n) is 6.52. The fourth-order valence-corrected chi connectivity index (χ4v) is 4.55. The molecule has 13 nitrogen and oxygen atoms in total. The smallest absolute Gasteiger partial charge is 0.337 e. The van der Waals surface area contributed by atoms with Crippen molar-refractivity contribution in [2.24, 2.45) is 0 Å². The number of halogens is 1. The largest absolute Gasteiger partial charge is 0.493 e. The summed E-state index contributed by atoms with van der Waals surface area (Å²) in [5.74, 6) is -0.915. The van der Waals surface area contributed by atoms with Crippen LogP contribution in [0, 0.1) is 5.82 Å². The lowest BCUT2D eigenvalue weighted by Gasteiger charge is -2.27. The molecule has 0 aliphatic carbocycles. The molecule has 0 unspecified atom stereocenters. The van der Waals surface area contributed by atoms with Gasteiger partial charge in [0.05, 0.1) is 23.9 Å². The average Bonchev–Trinajstić information content (AvgIpc) is 3.49. The van der Waals surface area contributed by atoms with E-state index in [1.54, 1.807) is 18.2 Å². The molecule has 2 aromatic heterocycles. The number of hydrogen-bond acceptors (Lipinski definition) is 10. The van der Waals surface area contributed by atoms with Gasteiger partial charge in [-0.15, -0.1) is 5.10 Å². The van der Waals surface area contributed by atoms with Gasteiger partial charge in [0.15, 0.2) is 23.5 Å². The summed E-state index contributed by atoms with van der Waals surface area (Å²) in [7, 11) is 1.31. The van der Waals surface area contributed by atoms with Gasteiger partial charge in [-0.05, 0) is 19.9 Å². The van der Waals surface area contributed by atoms with Gasteiger partial charge in [0, 0.05) is 30.0 Å². The summed E-state index contributed by atoms with van der Waals surface area (Å²) in [6.45, 7) is 2.73. The molecule has 4 atom stereocenters. The molecule has 0 amide bonds. The Bertz CT molecular complexity index is 1640. The van der Waals surface area contributed by atoms with Gasteiger partial charge in [0.25, 0.3) is 5.56 Å². The van der Waals surface area contributed by atoms with Gasteiger partial charge in [-0.1, -0.05) is 17.3 Å². The van der Waals surface area contributed by atoms with Crippen LogP contribution in [0.4, 0.5) is 4.39 Å². The van der Waals surface area contributed by atoms with Gasteiger partial charge in [0.2, 0.25) is 0 Å². The molecule has 1 aliphatic rings. The van der Waals surface area contributed by atoms with E-state index in [1.807, 2.05) is 0 Å². The Kier molecular flexibility index (Phi) is 6.72. The first-order valence-electron chi connectivity index (χ1n) is 11.9. The Balaban J connectivity index is 1.54. The summed E-state index contributed by atoms with van der Waals surface area (Å²) in [6.07, 6.45) is -4.79. The molecule has 0 radical (unpaired) electrons. The maximum absolute atomic E-state index is 15.2. The topological polar surface area (TPSA) is 174 Å². The van der Waals surface area contributed by atoms with E-state index < -0.39 is 52.9 Å². The fraction of sp³-hybridized carbons (Fsp3) is 0.360. The molecule has 1 saturated heterocycles. The number of H-pyrrole nitrogens is 1. The van der Waals surface area contributed by atoms with Crippen molar-refractivity contribution in [3.8, 4) is 17.2 Å². The quantitative estimate of drug-likeness (QED) is 0.255. The van der Waals surface area contributed by atoms with Gasteiger partial charge in [-0.2, -0.15) is 0 Å². The Hall–Kier alpha value is -4.11. The Morgan fingerprint density at radius 1 is 1.15 bits per heavy atom. The highest BCUT2D eigenvalue weighted by atomic mass is 19.1. The zero-order valence-electron chi connectivity index (χ0n) is 21.1. The molecular formula is C25H26FN5O8.